The summed E-state index contributed by atoms with van der Waals surface area (Å²) in [7, 11) is 0. The van der Waals surface area contributed by atoms with E-state index in [0.29, 0.717) is 11.3 Å². The maximum Gasteiger partial charge on any atom is 0.414 e. The van der Waals surface area contributed by atoms with Crippen LogP contribution >= 0.6 is 11.3 Å². The zero-order chi connectivity index (χ0) is 17.3. The van der Waals surface area contributed by atoms with Gasteiger partial charge in [-0.3, -0.25) is 9.69 Å². The van der Waals surface area contributed by atoms with Crippen molar-refractivity contribution in [3.8, 4) is 11.1 Å². The van der Waals surface area contributed by atoms with E-state index in [9.17, 15) is 14.0 Å². The van der Waals surface area contributed by atoms with Gasteiger partial charge >= 0.3 is 6.09 Å². The molecule has 0 aliphatic carbocycles. The van der Waals surface area contributed by atoms with Crippen LogP contribution in [0.15, 0.2) is 29.6 Å². The van der Waals surface area contributed by atoms with E-state index in [1.807, 2.05) is 18.4 Å². The maximum absolute atomic E-state index is 14.4. The van der Waals surface area contributed by atoms with E-state index in [-0.39, 0.29) is 24.8 Å². The molecule has 5 nitrogen and oxygen atoms in total. The molecule has 3 rings (SSSR count). The molecule has 1 N–H and O–H groups in total. The minimum Gasteiger partial charge on any atom is -0.442 e. The molecule has 1 fully saturated rings. The van der Waals surface area contributed by atoms with Crippen molar-refractivity contribution in [2.75, 3.05) is 18.0 Å². The van der Waals surface area contributed by atoms with Crippen molar-refractivity contribution in [2.24, 2.45) is 0 Å². The molecule has 1 aromatic carbocycles. The second kappa shape index (κ2) is 6.60. The Labute approximate surface area is 143 Å². The summed E-state index contributed by atoms with van der Waals surface area (Å²) in [4.78, 5) is 25.4. The predicted molar refractivity (Wildman–Crippen MR) is 90.7 cm³/mol. The van der Waals surface area contributed by atoms with Gasteiger partial charge in [-0.15, -0.1) is 11.3 Å². The SMILES string of the molecule is CC(=O)NC[C@H]1CN(c2ccc(-c3csc(C)c3)c(F)c2)C(=O)O1. The largest absolute Gasteiger partial charge is 0.442 e. The van der Waals surface area contributed by atoms with Gasteiger partial charge in [-0.25, -0.2) is 9.18 Å². The van der Waals surface area contributed by atoms with E-state index in [1.54, 1.807) is 23.5 Å². The molecule has 24 heavy (non-hydrogen) atoms. The summed E-state index contributed by atoms with van der Waals surface area (Å²) >= 11 is 1.56. The zero-order valence-electron chi connectivity index (χ0n) is 13.3. The number of cyclic esters (lactones) is 1. The molecule has 126 valence electrons. The zero-order valence-corrected chi connectivity index (χ0v) is 14.2. The highest BCUT2D eigenvalue weighted by Gasteiger charge is 2.32. The summed E-state index contributed by atoms with van der Waals surface area (Å²) in [6, 6.07) is 6.63. The first kappa shape index (κ1) is 16.4. The van der Waals surface area contributed by atoms with Crippen molar-refractivity contribution in [1.82, 2.24) is 5.32 Å². The summed E-state index contributed by atoms with van der Waals surface area (Å²) < 4.78 is 19.6. The molecule has 0 bridgehead atoms. The third-order valence-electron chi connectivity index (χ3n) is 3.76. The number of carbonyl (C=O) groups excluding carboxylic acids is 2. The first-order valence-corrected chi connectivity index (χ1v) is 8.39. The lowest BCUT2D eigenvalue weighted by atomic mass is 10.1. The Morgan fingerprint density at radius 2 is 2.25 bits per heavy atom. The van der Waals surface area contributed by atoms with Crippen LogP contribution in [0.2, 0.25) is 0 Å². The smallest absolute Gasteiger partial charge is 0.414 e. The van der Waals surface area contributed by atoms with E-state index in [0.717, 1.165) is 10.4 Å². The summed E-state index contributed by atoms with van der Waals surface area (Å²) in [6.07, 6.45) is -0.979. The van der Waals surface area contributed by atoms with Crippen LogP contribution in [0.25, 0.3) is 11.1 Å². The lowest BCUT2D eigenvalue weighted by Gasteiger charge is -2.14. The van der Waals surface area contributed by atoms with Gasteiger partial charge in [-0.2, -0.15) is 0 Å². The number of carbonyl (C=O) groups is 2. The molecule has 0 unspecified atom stereocenters. The third kappa shape index (κ3) is 3.41. The number of aryl methyl sites for hydroxylation is 1. The van der Waals surface area contributed by atoms with Crippen LogP contribution in [-0.2, 0) is 9.53 Å². The number of nitrogens with one attached hydrogen (secondary N) is 1. The highest BCUT2D eigenvalue weighted by molar-refractivity contribution is 7.10. The number of halogens is 1. The van der Waals surface area contributed by atoms with Gasteiger partial charge in [0.15, 0.2) is 0 Å². The molecule has 2 amide bonds. The number of benzene rings is 1. The van der Waals surface area contributed by atoms with Crippen molar-refractivity contribution < 1.29 is 18.7 Å². The molecule has 2 aromatic rings. The van der Waals surface area contributed by atoms with Gasteiger partial charge in [0.2, 0.25) is 5.91 Å². The number of nitrogens with zero attached hydrogens (tertiary/aromatic N) is 1. The van der Waals surface area contributed by atoms with Crippen molar-refractivity contribution >= 4 is 29.0 Å². The van der Waals surface area contributed by atoms with Gasteiger partial charge < -0.3 is 10.1 Å². The van der Waals surface area contributed by atoms with Gasteiger partial charge in [-0.05, 0) is 42.1 Å². The van der Waals surface area contributed by atoms with E-state index in [2.05, 4.69) is 5.32 Å². The van der Waals surface area contributed by atoms with Crippen LogP contribution < -0.4 is 10.2 Å². The fourth-order valence-corrected chi connectivity index (χ4v) is 3.29. The van der Waals surface area contributed by atoms with E-state index in [4.69, 9.17) is 4.74 Å². The molecule has 1 aromatic heterocycles. The Morgan fingerprint density at radius 3 is 2.88 bits per heavy atom. The number of thiophene rings is 1. The first-order valence-electron chi connectivity index (χ1n) is 7.51. The normalized spacial score (nSPS) is 17.0. The summed E-state index contributed by atoms with van der Waals surface area (Å²) in [5, 5.41) is 4.51. The number of hydrogen-bond donors (Lipinski definition) is 1. The van der Waals surface area contributed by atoms with Crippen LogP contribution in [0.4, 0.5) is 14.9 Å². The number of ether oxygens (including phenoxy) is 1. The van der Waals surface area contributed by atoms with Gasteiger partial charge in [-0.1, -0.05) is 0 Å². The fourth-order valence-electron chi connectivity index (χ4n) is 2.59. The van der Waals surface area contributed by atoms with Crippen LogP contribution in [0.3, 0.4) is 0 Å². The van der Waals surface area contributed by atoms with E-state index in [1.165, 1.54) is 17.9 Å². The van der Waals surface area contributed by atoms with Crippen molar-refractivity contribution in [1.29, 1.82) is 0 Å². The van der Waals surface area contributed by atoms with Crippen LogP contribution in [-0.4, -0.2) is 31.2 Å². The summed E-state index contributed by atoms with van der Waals surface area (Å²) in [5.74, 6) is -0.575. The van der Waals surface area contributed by atoms with Crippen LogP contribution in [0.1, 0.15) is 11.8 Å². The predicted octanol–water partition coefficient (Wildman–Crippen LogP) is 3.32. The van der Waals surface area contributed by atoms with Crippen molar-refractivity contribution in [3.05, 3.63) is 40.3 Å². The molecule has 0 spiro atoms. The quantitative estimate of drug-likeness (QED) is 0.922. The highest BCUT2D eigenvalue weighted by atomic mass is 32.1. The van der Waals surface area contributed by atoms with E-state index < -0.39 is 12.2 Å². The maximum atomic E-state index is 14.4. The van der Waals surface area contributed by atoms with E-state index >= 15 is 0 Å². The number of rotatable bonds is 4. The number of anilines is 1. The Morgan fingerprint density at radius 1 is 1.46 bits per heavy atom. The average Bonchev–Trinajstić information content (AvgIpc) is 3.11. The molecular weight excluding hydrogens is 331 g/mol. The van der Waals surface area contributed by atoms with Crippen LogP contribution in [0, 0.1) is 12.7 Å². The number of amides is 2. The van der Waals surface area contributed by atoms with Gasteiger partial charge in [0.25, 0.3) is 0 Å². The first-order chi connectivity index (χ1) is 11.4. The standard InChI is InChI=1S/C17H17FN2O3S/c1-10-5-12(9-24-10)15-4-3-13(6-16(15)18)20-8-14(23-17(20)22)7-19-11(2)21/h3-6,9,14H,7-8H2,1-2H3,(H,19,21)/t14-/m0/s1. The Kier molecular flexibility index (Phi) is 4.53. The molecule has 1 aliphatic heterocycles. The number of hydrogen-bond acceptors (Lipinski definition) is 4. The minimum absolute atomic E-state index is 0.189. The summed E-state index contributed by atoms with van der Waals surface area (Å²) in [5.41, 5.74) is 1.78. The van der Waals surface area contributed by atoms with Gasteiger partial charge in [0.1, 0.15) is 11.9 Å². The molecule has 1 atom stereocenters. The molecule has 1 saturated heterocycles. The Balaban J connectivity index is 1.77. The van der Waals surface area contributed by atoms with Gasteiger partial charge in [0, 0.05) is 17.4 Å². The van der Waals surface area contributed by atoms with Crippen LogP contribution in [0.5, 0.6) is 0 Å². The second-order valence-corrected chi connectivity index (χ2v) is 6.78. The molecule has 7 heteroatoms. The molecule has 1 aliphatic rings. The molecule has 2 heterocycles. The van der Waals surface area contributed by atoms with Crippen molar-refractivity contribution in [3.63, 3.8) is 0 Å². The monoisotopic (exact) mass is 348 g/mol. The molecule has 0 radical (unpaired) electrons. The lowest BCUT2D eigenvalue weighted by molar-refractivity contribution is -0.119. The summed E-state index contributed by atoms with van der Waals surface area (Å²) in [6.45, 7) is 3.88. The fraction of sp³-hybridized carbons (Fsp3) is 0.294. The lowest BCUT2D eigenvalue weighted by Crippen LogP contribution is -2.33. The molecule has 0 saturated carbocycles. The van der Waals surface area contributed by atoms with Gasteiger partial charge in [0.05, 0.1) is 18.8 Å². The average molecular weight is 348 g/mol. The third-order valence-corrected chi connectivity index (χ3v) is 4.62. The van der Waals surface area contributed by atoms with Crippen molar-refractivity contribution in [2.45, 2.75) is 20.0 Å². The molecular formula is C17H17FN2O3S. The highest BCUT2D eigenvalue weighted by Crippen LogP contribution is 2.31. The second-order valence-electron chi connectivity index (χ2n) is 5.66. The topological polar surface area (TPSA) is 58.6 Å². The minimum atomic E-state index is -0.538. The Bertz CT molecular complexity index is 790. The Hall–Kier alpha value is -2.41.